The lowest BCUT2D eigenvalue weighted by molar-refractivity contribution is 0.209. The van der Waals surface area contributed by atoms with E-state index in [1.54, 1.807) is 12.1 Å². The molecule has 0 amide bonds. The molecule has 1 heterocycles. The topological polar surface area (TPSA) is 55.9 Å². The lowest BCUT2D eigenvalue weighted by Crippen LogP contribution is -2.43. The summed E-state index contributed by atoms with van der Waals surface area (Å²) < 4.78 is 40.8. The number of ether oxygens (including phenoxy) is 1. The Balaban J connectivity index is 2.51. The zero-order valence-electron chi connectivity index (χ0n) is 23.0. The fraction of sp³-hybridized carbons (Fsp3) is 0.724. The third-order valence-electron chi connectivity index (χ3n) is 7.09. The average Bonchev–Trinajstić information content (AvgIpc) is 3.67. The molecule has 1 aromatic carbocycles. The van der Waals surface area contributed by atoms with Crippen LogP contribution < -0.4 is 0 Å². The lowest BCUT2D eigenvalue weighted by Gasteiger charge is -2.37. The normalized spacial score (nSPS) is 17.5. The minimum Gasteiger partial charge on any atom is -0.409 e. The Kier molecular flexibility index (Phi) is 13.3. The van der Waals surface area contributed by atoms with E-state index in [0.717, 1.165) is 87.9 Å². The maximum absolute atomic E-state index is 14.0. The second-order valence-corrected chi connectivity index (χ2v) is 16.4. The molecule has 4 nitrogen and oxygen atoms in total. The predicted molar refractivity (Wildman–Crippen MR) is 150 cm³/mol. The van der Waals surface area contributed by atoms with Crippen LogP contribution in [0, 0.1) is 6.92 Å². The van der Waals surface area contributed by atoms with E-state index >= 15 is 0 Å². The van der Waals surface area contributed by atoms with Crippen molar-refractivity contribution in [2.24, 2.45) is 0 Å². The molecule has 0 saturated carbocycles. The molecule has 0 spiro atoms. The van der Waals surface area contributed by atoms with Gasteiger partial charge in [0.25, 0.3) is 0 Å². The highest BCUT2D eigenvalue weighted by molar-refractivity contribution is 7.95. The van der Waals surface area contributed by atoms with Crippen LogP contribution >= 0.6 is 0 Å². The highest BCUT2D eigenvalue weighted by Gasteiger charge is 2.40. The van der Waals surface area contributed by atoms with Crippen LogP contribution in [-0.4, -0.2) is 35.6 Å². The summed E-state index contributed by atoms with van der Waals surface area (Å²) in [6.45, 7) is 11.5. The van der Waals surface area contributed by atoms with Crippen molar-refractivity contribution >= 4 is 18.2 Å². The molecular formula is C29H50O4SSi. The molecule has 0 bridgehead atoms. The minimum atomic E-state index is -3.66. The van der Waals surface area contributed by atoms with Gasteiger partial charge in [0.2, 0.25) is 9.84 Å². The predicted octanol–water partition coefficient (Wildman–Crippen LogP) is 8.36. The summed E-state index contributed by atoms with van der Waals surface area (Å²) in [6.07, 6.45) is 12.2. The van der Waals surface area contributed by atoms with Crippen molar-refractivity contribution in [3.8, 4) is 0 Å². The first-order valence-corrected chi connectivity index (χ1v) is 18.2. The van der Waals surface area contributed by atoms with Crippen LogP contribution in [0.25, 0.3) is 0 Å². The Hall–Kier alpha value is -0.953. The molecule has 0 aliphatic carbocycles. The first-order chi connectivity index (χ1) is 16.8. The molecule has 0 N–H and O–H groups in total. The highest BCUT2D eigenvalue weighted by atomic mass is 32.2. The Labute approximate surface area is 216 Å². The standard InChI is InChI=1S/C29H50O4SSi/c1-6-10-14-15-28(33-35(20-11-7-2,21-12-8-3)22-13-9-4)29(23-26-24-32-26)34(30,31)27-18-16-25(5)17-19-27/h16-19,23,26,28H,6-15,20-22,24H2,1-5H3/b29-23+/t26-,28-/m0/s1. The van der Waals surface area contributed by atoms with Gasteiger partial charge in [-0.2, -0.15) is 0 Å². The molecule has 1 saturated heterocycles. The smallest absolute Gasteiger partial charge is 0.205 e. The number of hydrogen-bond donors (Lipinski definition) is 0. The van der Waals surface area contributed by atoms with Gasteiger partial charge in [0, 0.05) is 0 Å². The molecular weight excluding hydrogens is 472 g/mol. The van der Waals surface area contributed by atoms with Gasteiger partial charge in [-0.25, -0.2) is 8.42 Å². The van der Waals surface area contributed by atoms with Crippen molar-refractivity contribution in [1.29, 1.82) is 0 Å². The average molecular weight is 523 g/mol. The molecule has 0 unspecified atom stereocenters. The summed E-state index contributed by atoms with van der Waals surface area (Å²) in [7, 11) is -5.77. The van der Waals surface area contributed by atoms with Gasteiger partial charge in [0.1, 0.15) is 6.10 Å². The fourth-order valence-corrected chi connectivity index (χ4v) is 11.4. The van der Waals surface area contributed by atoms with E-state index < -0.39 is 18.2 Å². The van der Waals surface area contributed by atoms with E-state index in [1.165, 1.54) is 0 Å². The second kappa shape index (κ2) is 15.3. The van der Waals surface area contributed by atoms with Crippen molar-refractivity contribution in [2.75, 3.05) is 6.61 Å². The zero-order valence-corrected chi connectivity index (χ0v) is 24.8. The van der Waals surface area contributed by atoms with Crippen LogP contribution in [0.15, 0.2) is 40.1 Å². The number of aryl methyl sites for hydroxylation is 1. The summed E-state index contributed by atoms with van der Waals surface area (Å²) in [6, 6.07) is 10.6. The Morgan fingerprint density at radius 3 is 1.91 bits per heavy atom. The van der Waals surface area contributed by atoms with Crippen LogP contribution in [0.4, 0.5) is 0 Å². The molecule has 2 atom stereocenters. The molecule has 2 rings (SSSR count). The monoisotopic (exact) mass is 522 g/mol. The molecule has 1 aromatic rings. The Morgan fingerprint density at radius 2 is 1.46 bits per heavy atom. The van der Waals surface area contributed by atoms with Crippen molar-refractivity contribution < 1.29 is 17.6 Å². The van der Waals surface area contributed by atoms with Crippen molar-refractivity contribution in [1.82, 2.24) is 0 Å². The van der Waals surface area contributed by atoms with E-state index in [1.807, 2.05) is 25.1 Å². The van der Waals surface area contributed by atoms with Gasteiger partial charge in [-0.1, -0.05) is 103 Å². The minimum absolute atomic E-state index is 0.111. The van der Waals surface area contributed by atoms with Crippen LogP contribution in [0.3, 0.4) is 0 Å². The third-order valence-corrected chi connectivity index (χ3v) is 13.6. The number of rotatable bonds is 19. The molecule has 200 valence electrons. The second-order valence-electron chi connectivity index (χ2n) is 10.4. The number of epoxide rings is 1. The van der Waals surface area contributed by atoms with E-state index in [2.05, 4.69) is 27.7 Å². The Bertz CT molecular complexity index is 837. The van der Waals surface area contributed by atoms with Crippen molar-refractivity contribution in [3.05, 3.63) is 40.8 Å². The van der Waals surface area contributed by atoms with Gasteiger partial charge < -0.3 is 9.16 Å². The summed E-state index contributed by atoms with van der Waals surface area (Å²) in [5.74, 6) is 0. The SMILES string of the molecule is CCCCC[C@H](O[Si](CCCC)(CCCC)CCCC)/C(=C\[C@H]1CO1)S(=O)(=O)c1ccc(C)cc1. The lowest BCUT2D eigenvalue weighted by atomic mass is 10.1. The summed E-state index contributed by atoms with van der Waals surface area (Å²) in [5, 5.41) is 0. The highest BCUT2D eigenvalue weighted by Crippen LogP contribution is 2.36. The summed E-state index contributed by atoms with van der Waals surface area (Å²) in [4.78, 5) is 0.809. The van der Waals surface area contributed by atoms with E-state index in [0.29, 0.717) is 16.4 Å². The molecule has 6 heteroatoms. The van der Waals surface area contributed by atoms with Crippen LogP contribution in [-0.2, 0) is 19.0 Å². The third kappa shape index (κ3) is 9.79. The molecule has 1 aliphatic heterocycles. The maximum Gasteiger partial charge on any atom is 0.205 e. The summed E-state index contributed by atoms with van der Waals surface area (Å²) >= 11 is 0. The number of benzene rings is 1. The van der Waals surface area contributed by atoms with Gasteiger partial charge in [-0.15, -0.1) is 0 Å². The zero-order chi connectivity index (χ0) is 25.7. The van der Waals surface area contributed by atoms with Gasteiger partial charge in [-0.05, 0) is 49.7 Å². The number of sulfone groups is 1. The quantitative estimate of drug-likeness (QED) is 0.104. The van der Waals surface area contributed by atoms with Crippen LogP contribution in [0.5, 0.6) is 0 Å². The Morgan fingerprint density at radius 1 is 0.943 bits per heavy atom. The fourth-order valence-electron chi connectivity index (χ4n) is 4.75. The molecule has 1 fully saturated rings. The van der Waals surface area contributed by atoms with Gasteiger partial charge >= 0.3 is 0 Å². The first-order valence-electron chi connectivity index (χ1n) is 14.1. The molecule has 35 heavy (non-hydrogen) atoms. The molecule has 1 aliphatic rings. The van der Waals surface area contributed by atoms with Crippen LogP contribution in [0.2, 0.25) is 18.1 Å². The van der Waals surface area contributed by atoms with E-state index in [-0.39, 0.29) is 12.2 Å². The van der Waals surface area contributed by atoms with E-state index in [4.69, 9.17) is 9.16 Å². The van der Waals surface area contributed by atoms with Crippen molar-refractivity contribution in [3.63, 3.8) is 0 Å². The largest absolute Gasteiger partial charge is 0.409 e. The molecule has 0 radical (unpaired) electrons. The van der Waals surface area contributed by atoms with Crippen LogP contribution in [0.1, 0.15) is 97.5 Å². The van der Waals surface area contributed by atoms with Gasteiger partial charge in [0.15, 0.2) is 8.32 Å². The first kappa shape index (κ1) is 30.3. The van der Waals surface area contributed by atoms with Gasteiger partial charge in [-0.3, -0.25) is 0 Å². The molecule has 0 aromatic heterocycles. The van der Waals surface area contributed by atoms with Crippen molar-refractivity contribution in [2.45, 2.75) is 134 Å². The maximum atomic E-state index is 14.0. The summed E-state index contributed by atoms with van der Waals surface area (Å²) in [5.41, 5.74) is 1.06. The van der Waals surface area contributed by atoms with E-state index in [9.17, 15) is 8.42 Å². The van der Waals surface area contributed by atoms with Gasteiger partial charge in [0.05, 0.1) is 22.5 Å². The number of unbranched alkanes of at least 4 members (excludes halogenated alkanes) is 5. The number of hydrogen-bond acceptors (Lipinski definition) is 4.